The molecule has 1 heterocycles. The molecule has 1 amide bonds. The van der Waals surface area contributed by atoms with Crippen LogP contribution in [0, 0.1) is 0 Å². The first-order valence-corrected chi connectivity index (χ1v) is 5.54. The summed E-state index contributed by atoms with van der Waals surface area (Å²) >= 11 is 6.67. The number of nitrogens with zero attached hydrogens (tertiary/aromatic N) is 1. The van der Waals surface area contributed by atoms with Gasteiger partial charge in [0.2, 0.25) is 0 Å². The Labute approximate surface area is 81.9 Å². The number of nitrogens with one attached hydrogen (secondary N) is 1. The van der Waals surface area contributed by atoms with Crippen LogP contribution >= 0.6 is 24.0 Å². The van der Waals surface area contributed by atoms with Crippen LogP contribution in [0.3, 0.4) is 0 Å². The molecule has 0 aliphatic carbocycles. The van der Waals surface area contributed by atoms with E-state index in [9.17, 15) is 4.79 Å². The van der Waals surface area contributed by atoms with Crippen molar-refractivity contribution in [2.45, 2.75) is 12.5 Å². The Morgan fingerprint density at radius 2 is 2.42 bits per heavy atom. The number of rotatable bonds is 3. The summed E-state index contributed by atoms with van der Waals surface area (Å²) in [5.74, 6) is 1.08. The molecule has 0 aromatic rings. The lowest BCUT2D eigenvalue weighted by atomic mass is 10.2. The molecule has 0 radical (unpaired) electrons. The summed E-state index contributed by atoms with van der Waals surface area (Å²) in [6, 6.07) is -0.0880. The SMILES string of the molecule is CSCCC1NC(=S)N(C)C1=O. The summed E-state index contributed by atoms with van der Waals surface area (Å²) < 4.78 is 0. The van der Waals surface area contributed by atoms with Crippen molar-refractivity contribution in [3.63, 3.8) is 0 Å². The Hall–Kier alpha value is -0.290. The minimum absolute atomic E-state index is 0.0880. The molecule has 1 rings (SSSR count). The number of thiocarbonyl (C=S) groups is 1. The number of hydrogen-bond acceptors (Lipinski definition) is 3. The fourth-order valence-corrected chi connectivity index (χ4v) is 1.78. The summed E-state index contributed by atoms with van der Waals surface area (Å²) in [6.45, 7) is 0. The first-order valence-electron chi connectivity index (χ1n) is 3.74. The third-order valence-corrected chi connectivity index (χ3v) is 2.88. The van der Waals surface area contributed by atoms with Gasteiger partial charge in [-0.1, -0.05) is 0 Å². The molecule has 1 saturated heterocycles. The second-order valence-corrected chi connectivity index (χ2v) is 4.05. The van der Waals surface area contributed by atoms with Crippen molar-refractivity contribution in [1.29, 1.82) is 0 Å². The van der Waals surface area contributed by atoms with E-state index in [4.69, 9.17) is 12.2 Å². The minimum Gasteiger partial charge on any atom is -0.350 e. The molecule has 68 valence electrons. The van der Waals surface area contributed by atoms with Gasteiger partial charge in [0.1, 0.15) is 6.04 Å². The van der Waals surface area contributed by atoms with Crippen LogP contribution in [-0.2, 0) is 4.79 Å². The zero-order chi connectivity index (χ0) is 9.14. The molecule has 1 unspecified atom stereocenters. The van der Waals surface area contributed by atoms with Gasteiger partial charge in [0.25, 0.3) is 5.91 Å². The smallest absolute Gasteiger partial charge is 0.251 e. The lowest BCUT2D eigenvalue weighted by molar-refractivity contribution is -0.126. The summed E-state index contributed by atoms with van der Waals surface area (Å²) in [5.41, 5.74) is 0. The Morgan fingerprint density at radius 3 is 2.83 bits per heavy atom. The Bertz CT molecular complexity index is 208. The average molecular weight is 204 g/mol. The van der Waals surface area contributed by atoms with Crippen LogP contribution in [0.25, 0.3) is 0 Å². The van der Waals surface area contributed by atoms with Gasteiger partial charge in [-0.3, -0.25) is 9.69 Å². The number of thioether (sulfide) groups is 1. The van der Waals surface area contributed by atoms with Crippen LogP contribution in [0.15, 0.2) is 0 Å². The molecule has 0 saturated carbocycles. The van der Waals surface area contributed by atoms with Crippen molar-refractivity contribution in [3.05, 3.63) is 0 Å². The average Bonchev–Trinajstić information content (AvgIpc) is 2.30. The predicted octanol–water partition coefficient (Wildman–Crippen LogP) is 0.455. The van der Waals surface area contributed by atoms with Crippen LogP contribution < -0.4 is 5.32 Å². The molecule has 12 heavy (non-hydrogen) atoms. The largest absolute Gasteiger partial charge is 0.350 e. The van der Waals surface area contributed by atoms with Gasteiger partial charge in [-0.2, -0.15) is 11.8 Å². The van der Waals surface area contributed by atoms with Crippen molar-refractivity contribution < 1.29 is 4.79 Å². The summed E-state index contributed by atoms with van der Waals surface area (Å²) in [4.78, 5) is 12.9. The van der Waals surface area contributed by atoms with E-state index in [0.717, 1.165) is 12.2 Å². The normalized spacial score (nSPS) is 23.2. The summed E-state index contributed by atoms with van der Waals surface area (Å²) in [5, 5.41) is 3.53. The maximum absolute atomic E-state index is 11.4. The van der Waals surface area contributed by atoms with Crippen molar-refractivity contribution >= 4 is 35.0 Å². The zero-order valence-electron chi connectivity index (χ0n) is 7.16. The predicted molar refractivity (Wildman–Crippen MR) is 55.3 cm³/mol. The summed E-state index contributed by atoms with van der Waals surface area (Å²) in [6.07, 6.45) is 2.88. The number of amides is 1. The fourth-order valence-electron chi connectivity index (χ4n) is 1.07. The van der Waals surface area contributed by atoms with Gasteiger partial charge in [-0.25, -0.2) is 0 Å². The van der Waals surface area contributed by atoms with E-state index >= 15 is 0 Å². The van der Waals surface area contributed by atoms with Gasteiger partial charge in [-0.05, 0) is 30.6 Å². The topological polar surface area (TPSA) is 32.3 Å². The molecule has 1 fully saturated rings. The highest BCUT2D eigenvalue weighted by Crippen LogP contribution is 2.09. The van der Waals surface area contributed by atoms with Crippen molar-refractivity contribution in [2.24, 2.45) is 0 Å². The van der Waals surface area contributed by atoms with Crippen LogP contribution in [0.2, 0.25) is 0 Å². The molecule has 1 aliphatic heterocycles. The lowest BCUT2D eigenvalue weighted by Gasteiger charge is -2.06. The van der Waals surface area contributed by atoms with Gasteiger partial charge >= 0.3 is 0 Å². The van der Waals surface area contributed by atoms with Gasteiger partial charge < -0.3 is 5.32 Å². The van der Waals surface area contributed by atoms with E-state index in [1.165, 1.54) is 4.90 Å². The third kappa shape index (κ3) is 1.90. The van der Waals surface area contributed by atoms with Gasteiger partial charge in [0, 0.05) is 7.05 Å². The number of carbonyl (C=O) groups is 1. The second-order valence-electron chi connectivity index (χ2n) is 2.68. The molecular formula is C7H12N2OS2. The maximum Gasteiger partial charge on any atom is 0.251 e. The molecule has 0 aromatic heterocycles. The highest BCUT2D eigenvalue weighted by molar-refractivity contribution is 7.98. The van der Waals surface area contributed by atoms with Gasteiger partial charge in [0.15, 0.2) is 5.11 Å². The molecule has 0 spiro atoms. The number of likely N-dealkylation sites (N-methyl/N-ethyl adjacent to an activating group) is 1. The monoisotopic (exact) mass is 204 g/mol. The van der Waals surface area contributed by atoms with E-state index in [0.29, 0.717) is 5.11 Å². The Balaban J connectivity index is 2.47. The molecule has 3 nitrogen and oxygen atoms in total. The van der Waals surface area contributed by atoms with E-state index in [1.54, 1.807) is 18.8 Å². The minimum atomic E-state index is -0.0880. The molecule has 1 N–H and O–H groups in total. The van der Waals surface area contributed by atoms with Crippen LogP contribution in [0.1, 0.15) is 6.42 Å². The van der Waals surface area contributed by atoms with Crippen LogP contribution in [0.4, 0.5) is 0 Å². The molecule has 0 bridgehead atoms. The summed E-state index contributed by atoms with van der Waals surface area (Å²) in [7, 11) is 1.71. The standard InChI is InChI=1S/C7H12N2OS2/c1-9-6(10)5(3-4-12-2)8-7(9)11/h5H,3-4H2,1-2H3,(H,8,11). The molecule has 5 heteroatoms. The van der Waals surface area contributed by atoms with Crippen LogP contribution in [0.5, 0.6) is 0 Å². The van der Waals surface area contributed by atoms with Crippen molar-refractivity contribution in [3.8, 4) is 0 Å². The van der Waals surface area contributed by atoms with Gasteiger partial charge in [0.05, 0.1) is 0 Å². The number of carbonyl (C=O) groups excluding carboxylic acids is 1. The maximum atomic E-state index is 11.4. The van der Waals surface area contributed by atoms with E-state index in [-0.39, 0.29) is 11.9 Å². The van der Waals surface area contributed by atoms with E-state index in [1.807, 2.05) is 6.26 Å². The second kappa shape index (κ2) is 4.09. The van der Waals surface area contributed by atoms with Crippen molar-refractivity contribution in [2.75, 3.05) is 19.1 Å². The molecule has 0 aromatic carbocycles. The van der Waals surface area contributed by atoms with E-state index in [2.05, 4.69) is 5.32 Å². The molecular weight excluding hydrogens is 192 g/mol. The van der Waals surface area contributed by atoms with E-state index < -0.39 is 0 Å². The first kappa shape index (κ1) is 9.80. The highest BCUT2D eigenvalue weighted by atomic mass is 32.2. The number of hydrogen-bond donors (Lipinski definition) is 1. The molecule has 1 aliphatic rings. The first-order chi connectivity index (χ1) is 5.66. The molecule has 1 atom stereocenters. The quantitative estimate of drug-likeness (QED) is 0.677. The zero-order valence-corrected chi connectivity index (χ0v) is 8.80. The Morgan fingerprint density at radius 1 is 1.75 bits per heavy atom. The van der Waals surface area contributed by atoms with Crippen LogP contribution in [-0.4, -0.2) is 41.0 Å². The fraction of sp³-hybridized carbons (Fsp3) is 0.714. The van der Waals surface area contributed by atoms with Crippen molar-refractivity contribution in [1.82, 2.24) is 10.2 Å². The highest BCUT2D eigenvalue weighted by Gasteiger charge is 2.31. The van der Waals surface area contributed by atoms with Gasteiger partial charge in [-0.15, -0.1) is 0 Å². The third-order valence-electron chi connectivity index (χ3n) is 1.84. The Kier molecular flexibility index (Phi) is 3.34. The lowest BCUT2D eigenvalue weighted by Crippen LogP contribution is -2.29.